The van der Waals surface area contributed by atoms with E-state index in [1.165, 1.54) is 40.6 Å². The van der Waals surface area contributed by atoms with Crippen LogP contribution in [0.5, 0.6) is 0 Å². The van der Waals surface area contributed by atoms with Crippen LogP contribution < -0.4 is 9.80 Å². The first-order valence-corrected chi connectivity index (χ1v) is 22.0. The number of hydrogen-bond acceptors (Lipinski definition) is 8. The first-order valence-electron chi connectivity index (χ1n) is 20.9. The predicted octanol–water partition coefficient (Wildman–Crippen LogP) is 10.4. The largest absolute Gasteiger partial charge is 0.445 e. The van der Waals surface area contributed by atoms with Crippen molar-refractivity contribution in [1.82, 2.24) is 14.8 Å². The van der Waals surface area contributed by atoms with E-state index in [-0.39, 0.29) is 12.2 Å². The Morgan fingerprint density at radius 3 is 1.29 bits per heavy atom. The van der Waals surface area contributed by atoms with E-state index >= 15 is 0 Å². The third kappa shape index (κ3) is 12.0. The summed E-state index contributed by atoms with van der Waals surface area (Å²) < 4.78 is 17.7. The minimum absolute atomic E-state index is 0.149. The summed E-state index contributed by atoms with van der Waals surface area (Å²) in [5.74, 6) is 3.70. The van der Waals surface area contributed by atoms with Crippen molar-refractivity contribution >= 4 is 46.2 Å². The number of carbonyl (C=O) groups excluding carboxylic acids is 2. The molecule has 2 aromatic carbocycles. The number of amides is 2. The lowest BCUT2D eigenvalue weighted by Gasteiger charge is -2.41. The maximum absolute atomic E-state index is 12.3. The third-order valence-corrected chi connectivity index (χ3v) is 12.6. The molecule has 2 amide bonds. The fraction of sp³-hybridized carbons (Fsp3) is 0.622. The molecule has 0 unspecified atom stereocenters. The number of anilines is 2. The molecule has 0 N–H and O–H groups in total. The van der Waals surface area contributed by atoms with Crippen LogP contribution in [0.25, 0.3) is 11.5 Å². The lowest BCUT2D eigenvalue weighted by molar-refractivity contribution is 0.0142. The SMILES string of the molecule is CC(C)(C)OC(=O)N1CCC(C2CCN(c3ccc(-c4ncco4)cc3)CC2)CC1.CC(C)(C)OC(=O)N1CCC(C2CCN(c3ccc(I)cc3)CC2)CC1. The van der Waals surface area contributed by atoms with E-state index in [9.17, 15) is 9.59 Å². The van der Waals surface area contributed by atoms with Gasteiger partial charge in [-0.25, -0.2) is 14.6 Å². The van der Waals surface area contributed by atoms with Crippen molar-refractivity contribution in [2.45, 2.75) is 104 Å². The van der Waals surface area contributed by atoms with Crippen molar-refractivity contribution in [1.29, 1.82) is 0 Å². The lowest BCUT2D eigenvalue weighted by Crippen LogP contribution is -2.44. The minimum atomic E-state index is -0.423. The van der Waals surface area contributed by atoms with E-state index in [1.54, 1.807) is 12.5 Å². The minimum Gasteiger partial charge on any atom is -0.445 e. The van der Waals surface area contributed by atoms with E-state index in [4.69, 9.17) is 13.9 Å². The Balaban J connectivity index is 0.000000192. The summed E-state index contributed by atoms with van der Waals surface area (Å²) in [6.07, 6.45) is 12.4. The quantitative estimate of drug-likeness (QED) is 0.234. The van der Waals surface area contributed by atoms with Crippen molar-refractivity contribution in [3.05, 3.63) is 64.6 Å². The van der Waals surface area contributed by atoms with Crippen LogP contribution in [0.4, 0.5) is 21.0 Å². The van der Waals surface area contributed by atoms with Gasteiger partial charge in [-0.3, -0.25) is 0 Å². The van der Waals surface area contributed by atoms with Gasteiger partial charge in [0.05, 0.1) is 6.20 Å². The van der Waals surface area contributed by atoms with Crippen LogP contribution in [0.15, 0.2) is 65.4 Å². The van der Waals surface area contributed by atoms with Crippen LogP contribution in [0.2, 0.25) is 0 Å². The Morgan fingerprint density at radius 1 is 0.589 bits per heavy atom. The van der Waals surface area contributed by atoms with E-state index < -0.39 is 11.2 Å². The highest BCUT2D eigenvalue weighted by atomic mass is 127. The number of halogens is 1. The van der Waals surface area contributed by atoms with E-state index in [2.05, 4.69) is 85.9 Å². The first kappa shape index (κ1) is 42.1. The number of piperidine rings is 4. The van der Waals surface area contributed by atoms with E-state index in [0.717, 1.165) is 107 Å². The Morgan fingerprint density at radius 2 is 0.946 bits per heavy atom. The average Bonchev–Trinajstić information content (AvgIpc) is 3.73. The van der Waals surface area contributed by atoms with Crippen LogP contribution in [0.3, 0.4) is 0 Å². The second kappa shape index (κ2) is 18.9. The van der Waals surface area contributed by atoms with Gasteiger partial charge in [-0.05, 0) is 188 Å². The summed E-state index contributed by atoms with van der Waals surface area (Å²) in [5, 5.41) is 0. The van der Waals surface area contributed by atoms with E-state index in [1.807, 2.05) is 51.3 Å². The zero-order chi connectivity index (χ0) is 39.9. The number of aromatic nitrogens is 1. The fourth-order valence-corrected chi connectivity index (χ4v) is 9.21. The molecule has 7 rings (SSSR count). The van der Waals surface area contributed by atoms with Gasteiger partial charge >= 0.3 is 12.2 Å². The number of oxazole rings is 1. The van der Waals surface area contributed by atoms with Gasteiger partial charge in [0.2, 0.25) is 5.89 Å². The van der Waals surface area contributed by atoms with E-state index in [0.29, 0.717) is 5.89 Å². The molecule has 4 aliphatic rings. The highest BCUT2D eigenvalue weighted by Crippen LogP contribution is 2.36. The molecule has 1 aromatic heterocycles. The van der Waals surface area contributed by atoms with Gasteiger partial charge < -0.3 is 33.5 Å². The summed E-state index contributed by atoms with van der Waals surface area (Å²) >= 11 is 2.36. The predicted molar refractivity (Wildman–Crippen MR) is 232 cm³/mol. The maximum atomic E-state index is 12.3. The molecular formula is C45H64IN5O5. The summed E-state index contributed by atoms with van der Waals surface area (Å²) in [6.45, 7) is 19.4. The highest BCUT2D eigenvalue weighted by molar-refractivity contribution is 14.1. The summed E-state index contributed by atoms with van der Waals surface area (Å²) in [7, 11) is 0. The maximum Gasteiger partial charge on any atom is 0.410 e. The number of likely N-dealkylation sites (tertiary alicyclic amines) is 2. The molecule has 11 heteroatoms. The molecule has 0 saturated carbocycles. The average molecular weight is 882 g/mol. The van der Waals surface area contributed by atoms with Crippen LogP contribution in [-0.4, -0.2) is 90.5 Å². The molecule has 0 spiro atoms. The molecular weight excluding hydrogens is 817 g/mol. The van der Waals surface area contributed by atoms with Gasteiger partial charge in [-0.1, -0.05) is 0 Å². The van der Waals surface area contributed by atoms with Crippen molar-refractivity contribution in [3.63, 3.8) is 0 Å². The van der Waals surface area contributed by atoms with Crippen LogP contribution in [-0.2, 0) is 9.47 Å². The molecule has 10 nitrogen and oxygen atoms in total. The summed E-state index contributed by atoms with van der Waals surface area (Å²) in [4.78, 5) is 37.5. The third-order valence-electron chi connectivity index (χ3n) is 11.9. The molecule has 0 atom stereocenters. The van der Waals surface area contributed by atoms with Gasteiger partial charge in [0.15, 0.2) is 0 Å². The van der Waals surface area contributed by atoms with Gasteiger partial charge in [0.25, 0.3) is 0 Å². The van der Waals surface area contributed by atoms with Crippen LogP contribution in [0, 0.1) is 27.2 Å². The number of ether oxygens (including phenoxy) is 2. The number of benzene rings is 2. The number of carbonyl (C=O) groups is 2. The zero-order valence-corrected chi connectivity index (χ0v) is 36.7. The second-order valence-corrected chi connectivity index (χ2v) is 19.4. The fourth-order valence-electron chi connectivity index (χ4n) is 8.85. The summed E-state index contributed by atoms with van der Waals surface area (Å²) in [6, 6.07) is 17.4. The first-order chi connectivity index (χ1) is 26.7. The van der Waals surface area contributed by atoms with Crippen molar-refractivity contribution in [2.24, 2.45) is 23.7 Å². The lowest BCUT2D eigenvalue weighted by atomic mass is 9.79. The van der Waals surface area contributed by atoms with Crippen molar-refractivity contribution in [3.8, 4) is 11.5 Å². The molecule has 5 heterocycles. The molecule has 0 aliphatic carbocycles. The molecule has 4 fully saturated rings. The number of rotatable bonds is 5. The van der Waals surface area contributed by atoms with Crippen molar-refractivity contribution < 1.29 is 23.5 Å². The Kier molecular flexibility index (Phi) is 14.2. The second-order valence-electron chi connectivity index (χ2n) is 18.1. The normalized spacial score (nSPS) is 19.7. The standard InChI is InChI=1S/C24H33N3O3.C21H31IN2O2/c1-24(2,3)30-23(28)27-15-10-19(11-16-27)18-8-13-26(14-9-18)21-6-4-20(5-7-21)22-25-12-17-29-22;1-21(2,3)26-20(25)24-14-10-17(11-15-24)16-8-12-23(13-9-16)19-6-4-18(22)5-7-19/h4-7,12,17-19H,8-11,13-16H2,1-3H3;4-7,16-17H,8-15H2,1-3H3. The van der Waals surface area contributed by atoms with Gasteiger partial charge in [0, 0.05) is 72.9 Å². The molecule has 3 aromatic rings. The Hall–Kier alpha value is -3.48. The zero-order valence-electron chi connectivity index (χ0n) is 34.6. The molecule has 4 aliphatic heterocycles. The Labute approximate surface area is 348 Å². The number of hydrogen-bond donors (Lipinski definition) is 0. The Bertz CT molecular complexity index is 1660. The van der Waals surface area contributed by atoms with Crippen LogP contribution >= 0.6 is 22.6 Å². The molecule has 0 bridgehead atoms. The highest BCUT2D eigenvalue weighted by Gasteiger charge is 2.34. The topological polar surface area (TPSA) is 91.6 Å². The van der Waals surface area contributed by atoms with Crippen molar-refractivity contribution in [2.75, 3.05) is 62.2 Å². The molecule has 4 saturated heterocycles. The van der Waals surface area contributed by atoms with Gasteiger partial charge in [0.1, 0.15) is 17.5 Å². The summed E-state index contributed by atoms with van der Waals surface area (Å²) in [5.41, 5.74) is 2.80. The van der Waals surface area contributed by atoms with Gasteiger partial charge in [-0.2, -0.15) is 0 Å². The molecule has 0 radical (unpaired) electrons. The molecule has 56 heavy (non-hydrogen) atoms. The van der Waals surface area contributed by atoms with Gasteiger partial charge in [-0.15, -0.1) is 0 Å². The molecule has 306 valence electrons. The smallest absolute Gasteiger partial charge is 0.410 e. The monoisotopic (exact) mass is 881 g/mol. The number of nitrogens with zero attached hydrogens (tertiary/aromatic N) is 5. The van der Waals surface area contributed by atoms with Crippen LogP contribution in [0.1, 0.15) is 92.9 Å².